The van der Waals surface area contributed by atoms with Crippen LogP contribution in [0.1, 0.15) is 12.8 Å². The van der Waals surface area contributed by atoms with Gasteiger partial charge in [-0.1, -0.05) is 0 Å². The number of rotatable bonds is 7. The molecule has 0 spiro atoms. The summed E-state index contributed by atoms with van der Waals surface area (Å²) in [5.41, 5.74) is 0. The molecule has 1 aliphatic heterocycles. The summed E-state index contributed by atoms with van der Waals surface area (Å²) in [5.74, 6) is -0.809. The summed E-state index contributed by atoms with van der Waals surface area (Å²) in [6.45, 7) is 1.85. The van der Waals surface area contributed by atoms with Crippen molar-refractivity contribution >= 4 is 22.0 Å². The Kier molecular flexibility index (Phi) is 7.06. The number of esters is 2. The highest BCUT2D eigenvalue weighted by molar-refractivity contribution is 7.89. The largest absolute Gasteiger partial charge is 0.469 e. The van der Waals surface area contributed by atoms with Gasteiger partial charge in [0.25, 0.3) is 0 Å². The molecular formula is C12H22N2O6S. The third kappa shape index (κ3) is 5.98. The van der Waals surface area contributed by atoms with Crippen molar-refractivity contribution in [1.82, 2.24) is 9.21 Å². The first-order valence-corrected chi connectivity index (χ1v) is 8.33. The van der Waals surface area contributed by atoms with E-state index < -0.39 is 16.0 Å². The van der Waals surface area contributed by atoms with Gasteiger partial charge in [-0.3, -0.25) is 14.5 Å². The van der Waals surface area contributed by atoms with Crippen LogP contribution in [-0.4, -0.2) is 82.3 Å². The normalized spacial score (nSPS) is 17.4. The number of carbonyl (C=O) groups excluding carboxylic acids is 2. The van der Waals surface area contributed by atoms with Gasteiger partial charge in [-0.15, -0.1) is 0 Å². The van der Waals surface area contributed by atoms with Gasteiger partial charge in [-0.05, 0) is 6.42 Å². The summed E-state index contributed by atoms with van der Waals surface area (Å²) >= 11 is 0. The molecule has 0 aromatic rings. The lowest BCUT2D eigenvalue weighted by atomic mass is 10.3. The highest BCUT2D eigenvalue weighted by Crippen LogP contribution is 2.10. The number of hydrogen-bond acceptors (Lipinski definition) is 7. The number of ether oxygens (including phenoxy) is 2. The van der Waals surface area contributed by atoms with Gasteiger partial charge >= 0.3 is 11.9 Å². The van der Waals surface area contributed by atoms with E-state index in [0.29, 0.717) is 26.2 Å². The van der Waals surface area contributed by atoms with Crippen molar-refractivity contribution in [2.75, 3.05) is 52.7 Å². The van der Waals surface area contributed by atoms with E-state index in [1.165, 1.54) is 18.5 Å². The van der Waals surface area contributed by atoms with Crippen LogP contribution in [0.4, 0.5) is 0 Å². The standard InChI is InChI=1S/C12H22N2O6S/c1-19-11(15)4-3-9-21(17,18)14-7-5-13(6-8-14)10-12(16)20-2/h3-10H2,1-2H3. The molecule has 21 heavy (non-hydrogen) atoms. The number of carbonyl (C=O) groups is 2. The second-order valence-corrected chi connectivity index (χ2v) is 6.84. The number of hydrogen-bond donors (Lipinski definition) is 0. The third-order valence-corrected chi connectivity index (χ3v) is 5.27. The number of nitrogens with zero attached hydrogens (tertiary/aromatic N) is 2. The van der Waals surface area contributed by atoms with Crippen LogP contribution in [0.25, 0.3) is 0 Å². The second kappa shape index (κ2) is 8.30. The highest BCUT2D eigenvalue weighted by atomic mass is 32.2. The first kappa shape index (κ1) is 17.9. The maximum Gasteiger partial charge on any atom is 0.319 e. The number of sulfonamides is 1. The molecule has 122 valence electrons. The lowest BCUT2D eigenvalue weighted by Crippen LogP contribution is -2.50. The minimum atomic E-state index is -3.36. The summed E-state index contributed by atoms with van der Waals surface area (Å²) < 4.78 is 34.7. The lowest BCUT2D eigenvalue weighted by molar-refractivity contribution is -0.142. The van der Waals surface area contributed by atoms with Crippen LogP contribution in [0.2, 0.25) is 0 Å². The monoisotopic (exact) mass is 322 g/mol. The molecule has 1 aliphatic rings. The van der Waals surface area contributed by atoms with Crippen molar-refractivity contribution in [1.29, 1.82) is 0 Å². The summed E-state index contributed by atoms with van der Waals surface area (Å²) in [5, 5.41) is 0. The Bertz CT molecular complexity index is 456. The number of piperazine rings is 1. The van der Waals surface area contributed by atoms with Crippen LogP contribution in [0, 0.1) is 0 Å². The van der Waals surface area contributed by atoms with E-state index in [0.717, 1.165) is 0 Å². The van der Waals surface area contributed by atoms with Gasteiger partial charge in [-0.25, -0.2) is 8.42 Å². The van der Waals surface area contributed by atoms with Crippen LogP contribution >= 0.6 is 0 Å². The zero-order valence-electron chi connectivity index (χ0n) is 12.4. The zero-order valence-corrected chi connectivity index (χ0v) is 13.2. The Labute approximate surface area is 125 Å². The Morgan fingerprint density at radius 1 is 1.00 bits per heavy atom. The van der Waals surface area contributed by atoms with Crippen LogP contribution in [0.3, 0.4) is 0 Å². The first-order valence-electron chi connectivity index (χ1n) is 6.73. The molecule has 0 unspecified atom stereocenters. The molecule has 1 saturated heterocycles. The fraction of sp³-hybridized carbons (Fsp3) is 0.833. The Morgan fingerprint density at radius 3 is 2.10 bits per heavy atom. The van der Waals surface area contributed by atoms with Crippen molar-refractivity contribution in [2.24, 2.45) is 0 Å². The van der Waals surface area contributed by atoms with Crippen molar-refractivity contribution in [3.8, 4) is 0 Å². The molecule has 0 aromatic heterocycles. The van der Waals surface area contributed by atoms with Crippen molar-refractivity contribution in [3.63, 3.8) is 0 Å². The maximum absolute atomic E-state index is 12.1. The SMILES string of the molecule is COC(=O)CCCS(=O)(=O)N1CCN(CC(=O)OC)CC1. The second-order valence-electron chi connectivity index (χ2n) is 4.75. The van der Waals surface area contributed by atoms with E-state index in [1.54, 1.807) is 0 Å². The molecule has 8 nitrogen and oxygen atoms in total. The molecule has 0 aliphatic carbocycles. The molecule has 0 amide bonds. The predicted octanol–water partition coefficient (Wildman–Crippen LogP) is -0.940. The van der Waals surface area contributed by atoms with Crippen molar-refractivity contribution < 1.29 is 27.5 Å². The van der Waals surface area contributed by atoms with E-state index in [4.69, 9.17) is 0 Å². The van der Waals surface area contributed by atoms with E-state index in [-0.39, 0.29) is 31.1 Å². The fourth-order valence-corrected chi connectivity index (χ4v) is 3.53. The van der Waals surface area contributed by atoms with Crippen LogP contribution < -0.4 is 0 Å². The molecule has 1 heterocycles. The molecule has 1 fully saturated rings. The quantitative estimate of drug-likeness (QED) is 0.558. The van der Waals surface area contributed by atoms with Gasteiger partial charge < -0.3 is 9.47 Å². The summed E-state index contributed by atoms with van der Waals surface area (Å²) in [6, 6.07) is 0. The maximum atomic E-state index is 12.1. The third-order valence-electron chi connectivity index (χ3n) is 3.32. The molecular weight excluding hydrogens is 300 g/mol. The van der Waals surface area contributed by atoms with E-state index >= 15 is 0 Å². The summed E-state index contributed by atoms with van der Waals surface area (Å²) in [6.07, 6.45) is 0.343. The predicted molar refractivity (Wildman–Crippen MR) is 75.1 cm³/mol. The molecule has 0 saturated carbocycles. The van der Waals surface area contributed by atoms with Gasteiger partial charge in [0.05, 0.1) is 26.5 Å². The smallest absolute Gasteiger partial charge is 0.319 e. The van der Waals surface area contributed by atoms with Gasteiger partial charge in [0.2, 0.25) is 10.0 Å². The van der Waals surface area contributed by atoms with Crippen molar-refractivity contribution in [2.45, 2.75) is 12.8 Å². The highest BCUT2D eigenvalue weighted by Gasteiger charge is 2.27. The molecule has 0 radical (unpaired) electrons. The molecule has 0 atom stereocenters. The Balaban J connectivity index is 2.38. The van der Waals surface area contributed by atoms with Crippen LogP contribution in [0.5, 0.6) is 0 Å². The van der Waals surface area contributed by atoms with Crippen LogP contribution in [-0.2, 0) is 29.1 Å². The minimum absolute atomic E-state index is 0.0703. The van der Waals surface area contributed by atoms with Gasteiger partial charge in [-0.2, -0.15) is 4.31 Å². The zero-order chi connectivity index (χ0) is 15.9. The lowest BCUT2D eigenvalue weighted by Gasteiger charge is -2.33. The van der Waals surface area contributed by atoms with Crippen LogP contribution in [0.15, 0.2) is 0 Å². The topological polar surface area (TPSA) is 93.2 Å². The van der Waals surface area contributed by atoms with Crippen molar-refractivity contribution in [3.05, 3.63) is 0 Å². The van der Waals surface area contributed by atoms with Gasteiger partial charge in [0.1, 0.15) is 0 Å². The van der Waals surface area contributed by atoms with E-state index in [2.05, 4.69) is 9.47 Å². The van der Waals surface area contributed by atoms with E-state index in [1.807, 2.05) is 4.90 Å². The number of methoxy groups -OCH3 is 2. The molecule has 1 rings (SSSR count). The fourth-order valence-electron chi connectivity index (χ4n) is 2.04. The first-order chi connectivity index (χ1) is 9.89. The minimum Gasteiger partial charge on any atom is -0.469 e. The van der Waals surface area contributed by atoms with Gasteiger partial charge in [0, 0.05) is 32.6 Å². The molecule has 0 bridgehead atoms. The summed E-state index contributed by atoms with van der Waals surface area (Å²) in [7, 11) is -0.763. The summed E-state index contributed by atoms with van der Waals surface area (Å²) in [4.78, 5) is 24.0. The Hall–Kier alpha value is -1.19. The molecule has 9 heteroatoms. The molecule has 0 N–H and O–H groups in total. The average Bonchev–Trinajstić information content (AvgIpc) is 2.47. The van der Waals surface area contributed by atoms with E-state index in [9.17, 15) is 18.0 Å². The average molecular weight is 322 g/mol. The Morgan fingerprint density at radius 2 is 1.57 bits per heavy atom. The molecule has 0 aromatic carbocycles. The van der Waals surface area contributed by atoms with Gasteiger partial charge in [0.15, 0.2) is 0 Å².